The first kappa shape index (κ1) is 46.2. The van der Waals surface area contributed by atoms with Crippen LogP contribution in [0.15, 0.2) is 12.2 Å². The van der Waals surface area contributed by atoms with Gasteiger partial charge in [-0.15, -0.1) is 0 Å². The lowest BCUT2D eigenvalue weighted by Crippen LogP contribution is -2.28. The molecule has 9 heteroatoms. The monoisotopic (exact) mass is 690 g/mol. The van der Waals surface area contributed by atoms with Crippen molar-refractivity contribution >= 4 is 13.8 Å². The third-order valence-electron chi connectivity index (χ3n) is 8.43. The van der Waals surface area contributed by atoms with Crippen LogP contribution in [0.1, 0.15) is 187 Å². The Morgan fingerprint density at radius 3 is 1.55 bits per heavy atom. The Labute approximate surface area is 290 Å². The van der Waals surface area contributed by atoms with Gasteiger partial charge in [-0.2, -0.15) is 0 Å². The van der Waals surface area contributed by atoms with E-state index in [0.29, 0.717) is 13.0 Å². The van der Waals surface area contributed by atoms with Gasteiger partial charge in [-0.05, 0) is 38.5 Å². The van der Waals surface area contributed by atoms with E-state index in [1.807, 2.05) is 0 Å². The highest BCUT2D eigenvalue weighted by Crippen LogP contribution is 2.43. The molecule has 0 saturated heterocycles. The standard InChI is InChI=1S/C38H76NO7P/c1-3-5-7-9-11-13-15-17-19-21-23-25-27-29-31-38(40)46-37(36-45-47(41,42)44-34-32-39)35-43-33-30-28-26-24-22-20-18-16-14-12-10-8-6-4-2/h15,17,37H,3-14,16,18-36,39H2,1-2H3,(H,41,42)/b17-15-. The summed E-state index contributed by atoms with van der Waals surface area (Å²) in [6.45, 7) is 4.93. The maximum atomic E-state index is 12.5. The van der Waals surface area contributed by atoms with Crippen LogP contribution >= 0.6 is 7.82 Å². The number of hydrogen-bond donors (Lipinski definition) is 2. The molecule has 3 N–H and O–H groups in total. The fourth-order valence-corrected chi connectivity index (χ4v) is 6.29. The summed E-state index contributed by atoms with van der Waals surface area (Å²) < 4.78 is 33.3. The number of phosphoric acid groups is 1. The van der Waals surface area contributed by atoms with E-state index in [1.54, 1.807) is 0 Å². The van der Waals surface area contributed by atoms with Gasteiger partial charge in [0, 0.05) is 19.6 Å². The molecule has 0 fully saturated rings. The van der Waals surface area contributed by atoms with Gasteiger partial charge >= 0.3 is 13.8 Å². The van der Waals surface area contributed by atoms with Gasteiger partial charge in [-0.1, -0.05) is 154 Å². The normalized spacial score (nSPS) is 13.7. The van der Waals surface area contributed by atoms with Crippen molar-refractivity contribution in [1.29, 1.82) is 0 Å². The van der Waals surface area contributed by atoms with E-state index >= 15 is 0 Å². The quantitative estimate of drug-likeness (QED) is 0.0285. The van der Waals surface area contributed by atoms with Crippen LogP contribution in [0.2, 0.25) is 0 Å². The maximum Gasteiger partial charge on any atom is 0.472 e. The Kier molecular flexibility index (Phi) is 35.9. The second kappa shape index (κ2) is 36.5. The molecular formula is C38H76NO7P. The molecule has 0 heterocycles. The summed E-state index contributed by atoms with van der Waals surface area (Å²) in [7, 11) is -4.27. The van der Waals surface area contributed by atoms with E-state index in [2.05, 4.69) is 26.0 Å². The first-order valence-electron chi connectivity index (χ1n) is 19.7. The third-order valence-corrected chi connectivity index (χ3v) is 9.42. The topological polar surface area (TPSA) is 117 Å². The number of carbonyl (C=O) groups is 1. The molecule has 2 unspecified atom stereocenters. The molecule has 2 atom stereocenters. The Bertz CT molecular complexity index is 737. The van der Waals surface area contributed by atoms with Crippen molar-refractivity contribution in [3.05, 3.63) is 12.2 Å². The summed E-state index contributed by atoms with van der Waals surface area (Å²) >= 11 is 0. The zero-order valence-corrected chi connectivity index (χ0v) is 31.7. The summed E-state index contributed by atoms with van der Waals surface area (Å²) in [5.41, 5.74) is 5.35. The molecule has 0 rings (SSSR count). The van der Waals surface area contributed by atoms with E-state index in [-0.39, 0.29) is 32.3 Å². The fourth-order valence-electron chi connectivity index (χ4n) is 5.52. The van der Waals surface area contributed by atoms with Crippen LogP contribution in [0, 0.1) is 0 Å². The molecule has 0 aromatic carbocycles. The molecule has 0 aliphatic rings. The molecule has 0 aliphatic heterocycles. The number of phosphoric ester groups is 1. The molecule has 8 nitrogen and oxygen atoms in total. The summed E-state index contributed by atoms with van der Waals surface area (Å²) in [4.78, 5) is 22.4. The van der Waals surface area contributed by atoms with E-state index in [1.165, 1.54) is 122 Å². The lowest BCUT2D eigenvalue weighted by Gasteiger charge is -2.20. The number of hydrogen-bond acceptors (Lipinski definition) is 7. The zero-order chi connectivity index (χ0) is 34.5. The van der Waals surface area contributed by atoms with E-state index in [9.17, 15) is 14.3 Å². The summed E-state index contributed by atoms with van der Waals surface area (Å²) in [5, 5.41) is 0. The van der Waals surface area contributed by atoms with Crippen molar-refractivity contribution in [2.75, 3.05) is 33.0 Å². The number of allylic oxidation sites excluding steroid dienone is 2. The summed E-state index contributed by atoms with van der Waals surface area (Å²) in [6.07, 6.45) is 36.4. The third kappa shape index (κ3) is 36.3. The molecular weight excluding hydrogens is 613 g/mol. The number of nitrogens with two attached hydrogens (primary N) is 1. The molecule has 0 radical (unpaired) electrons. The molecule has 0 spiro atoms. The number of ether oxygens (including phenoxy) is 2. The Morgan fingerprint density at radius 2 is 1.06 bits per heavy atom. The summed E-state index contributed by atoms with van der Waals surface area (Å²) in [6, 6.07) is 0. The molecule has 0 aromatic heterocycles. The Balaban J connectivity index is 4.07. The molecule has 280 valence electrons. The van der Waals surface area contributed by atoms with Gasteiger partial charge in [-0.3, -0.25) is 13.8 Å². The van der Waals surface area contributed by atoms with Crippen LogP contribution < -0.4 is 5.73 Å². The fraction of sp³-hybridized carbons (Fsp3) is 0.921. The minimum atomic E-state index is -4.27. The van der Waals surface area contributed by atoms with Gasteiger partial charge in [0.1, 0.15) is 6.10 Å². The van der Waals surface area contributed by atoms with Crippen molar-refractivity contribution in [2.24, 2.45) is 5.73 Å². The van der Waals surface area contributed by atoms with Crippen LogP contribution in [-0.4, -0.2) is 49.9 Å². The molecule has 0 bridgehead atoms. The van der Waals surface area contributed by atoms with E-state index in [0.717, 1.165) is 44.9 Å². The highest BCUT2D eigenvalue weighted by Gasteiger charge is 2.25. The second-order valence-electron chi connectivity index (χ2n) is 13.1. The molecule has 0 saturated carbocycles. The largest absolute Gasteiger partial charge is 0.472 e. The van der Waals surface area contributed by atoms with E-state index < -0.39 is 13.9 Å². The summed E-state index contributed by atoms with van der Waals surface area (Å²) in [5.74, 6) is -0.337. The Morgan fingerprint density at radius 1 is 0.617 bits per heavy atom. The lowest BCUT2D eigenvalue weighted by molar-refractivity contribution is -0.154. The average Bonchev–Trinajstić information content (AvgIpc) is 3.06. The van der Waals surface area contributed by atoms with E-state index in [4.69, 9.17) is 24.3 Å². The van der Waals surface area contributed by atoms with Crippen LogP contribution in [0.4, 0.5) is 0 Å². The van der Waals surface area contributed by atoms with Gasteiger partial charge in [-0.25, -0.2) is 4.57 Å². The van der Waals surface area contributed by atoms with Crippen molar-refractivity contribution in [3.63, 3.8) is 0 Å². The van der Waals surface area contributed by atoms with Crippen molar-refractivity contribution < 1.29 is 32.8 Å². The van der Waals surface area contributed by atoms with Crippen molar-refractivity contribution in [3.8, 4) is 0 Å². The predicted octanol–water partition coefficient (Wildman–Crippen LogP) is 11.1. The first-order valence-corrected chi connectivity index (χ1v) is 21.2. The van der Waals surface area contributed by atoms with Gasteiger partial charge in [0.2, 0.25) is 0 Å². The van der Waals surface area contributed by atoms with Gasteiger partial charge in [0.25, 0.3) is 0 Å². The average molecular weight is 690 g/mol. The van der Waals surface area contributed by atoms with Crippen LogP contribution in [0.25, 0.3) is 0 Å². The van der Waals surface area contributed by atoms with Crippen molar-refractivity contribution in [1.82, 2.24) is 0 Å². The second-order valence-corrected chi connectivity index (χ2v) is 14.6. The molecule has 0 amide bonds. The van der Waals surface area contributed by atoms with Gasteiger partial charge in [0.05, 0.1) is 19.8 Å². The highest BCUT2D eigenvalue weighted by molar-refractivity contribution is 7.47. The van der Waals surface area contributed by atoms with Gasteiger partial charge in [0.15, 0.2) is 0 Å². The van der Waals surface area contributed by atoms with Gasteiger partial charge < -0.3 is 20.1 Å². The number of carbonyl (C=O) groups excluding carboxylic acids is 1. The first-order chi connectivity index (χ1) is 22.9. The molecule has 0 aromatic rings. The number of rotatable bonds is 38. The Hall–Kier alpha value is -0.760. The highest BCUT2D eigenvalue weighted by atomic mass is 31.2. The minimum Gasteiger partial charge on any atom is -0.457 e. The smallest absolute Gasteiger partial charge is 0.457 e. The predicted molar refractivity (Wildman–Crippen MR) is 197 cm³/mol. The van der Waals surface area contributed by atoms with Crippen LogP contribution in [-0.2, 0) is 27.9 Å². The van der Waals surface area contributed by atoms with Crippen LogP contribution in [0.3, 0.4) is 0 Å². The SMILES string of the molecule is CCCCCCC/C=C\CCCCCCCC(=O)OC(COCCCCCCCCCCCCCCCC)COP(=O)(O)OCCN. The lowest BCUT2D eigenvalue weighted by atomic mass is 10.0. The van der Waals surface area contributed by atoms with Crippen molar-refractivity contribution in [2.45, 2.75) is 193 Å². The zero-order valence-electron chi connectivity index (χ0n) is 30.8. The maximum absolute atomic E-state index is 12.5. The number of unbranched alkanes of at least 4 members (excludes halogenated alkanes) is 23. The van der Waals surface area contributed by atoms with Crippen LogP contribution in [0.5, 0.6) is 0 Å². The molecule has 0 aliphatic carbocycles. The number of esters is 1. The minimum absolute atomic E-state index is 0.0940. The molecule has 47 heavy (non-hydrogen) atoms.